The Morgan fingerprint density at radius 3 is 2.78 bits per heavy atom. The molecule has 0 unspecified atom stereocenters. The highest BCUT2D eigenvalue weighted by Gasteiger charge is 2.12. The first-order valence-electron chi connectivity index (χ1n) is 6.47. The van der Waals surface area contributed by atoms with Crippen molar-refractivity contribution in [3.63, 3.8) is 0 Å². The highest BCUT2D eigenvalue weighted by atomic mass is 32.1. The highest BCUT2D eigenvalue weighted by molar-refractivity contribution is 7.09. The third-order valence-corrected chi connectivity index (χ3v) is 4.16. The molecule has 1 fully saturated rings. The number of nitrogens with two attached hydrogens (primary N) is 1. The third-order valence-electron chi connectivity index (χ3n) is 3.26. The molecule has 1 saturated heterocycles. The van der Waals surface area contributed by atoms with Crippen LogP contribution in [0.1, 0.15) is 41.2 Å². The Bertz CT molecular complexity index is 385. The van der Waals surface area contributed by atoms with E-state index in [9.17, 15) is 4.79 Å². The molecular formula is C12H20N4OS. The van der Waals surface area contributed by atoms with E-state index in [0.29, 0.717) is 5.69 Å². The van der Waals surface area contributed by atoms with Crippen LogP contribution in [0.25, 0.3) is 0 Å². The van der Waals surface area contributed by atoms with Gasteiger partial charge in [-0.05, 0) is 25.9 Å². The number of nitrogens with zero attached hydrogens (tertiary/aromatic N) is 2. The SMILES string of the molecule is NNC(=O)c1csc(CCN2CCCCCC2)n1. The van der Waals surface area contributed by atoms with Crippen LogP contribution in [0.4, 0.5) is 0 Å². The molecular weight excluding hydrogens is 248 g/mol. The van der Waals surface area contributed by atoms with Gasteiger partial charge in [0.1, 0.15) is 5.69 Å². The minimum atomic E-state index is -0.313. The van der Waals surface area contributed by atoms with E-state index >= 15 is 0 Å². The number of nitrogens with one attached hydrogen (secondary N) is 1. The molecule has 1 aliphatic rings. The first-order valence-corrected chi connectivity index (χ1v) is 7.35. The van der Waals surface area contributed by atoms with Crippen LogP contribution >= 0.6 is 11.3 Å². The first-order chi connectivity index (χ1) is 8.79. The Morgan fingerprint density at radius 2 is 2.11 bits per heavy atom. The van der Waals surface area contributed by atoms with E-state index in [-0.39, 0.29) is 5.91 Å². The molecule has 5 nitrogen and oxygen atoms in total. The van der Waals surface area contributed by atoms with Crippen molar-refractivity contribution in [2.45, 2.75) is 32.1 Å². The summed E-state index contributed by atoms with van der Waals surface area (Å²) in [4.78, 5) is 18.1. The standard InChI is InChI=1S/C12H20N4OS/c13-15-12(17)10-9-18-11(14-10)5-8-16-6-3-1-2-4-7-16/h9H,1-8,13H2,(H,15,17). The topological polar surface area (TPSA) is 71.2 Å². The first kappa shape index (κ1) is 13.5. The summed E-state index contributed by atoms with van der Waals surface area (Å²) in [5.74, 6) is 4.77. The summed E-state index contributed by atoms with van der Waals surface area (Å²) < 4.78 is 0. The van der Waals surface area contributed by atoms with E-state index < -0.39 is 0 Å². The molecule has 0 aliphatic carbocycles. The summed E-state index contributed by atoms with van der Waals surface area (Å²) in [6, 6.07) is 0. The van der Waals surface area contributed by atoms with Gasteiger partial charge in [0.2, 0.25) is 0 Å². The van der Waals surface area contributed by atoms with Crippen LogP contribution in [0, 0.1) is 0 Å². The van der Waals surface area contributed by atoms with E-state index in [0.717, 1.165) is 18.0 Å². The maximum Gasteiger partial charge on any atom is 0.284 e. The average molecular weight is 268 g/mol. The molecule has 1 aromatic heterocycles. The fourth-order valence-electron chi connectivity index (χ4n) is 2.22. The van der Waals surface area contributed by atoms with Crippen molar-refractivity contribution in [3.8, 4) is 0 Å². The Kier molecular flexibility index (Phi) is 5.10. The van der Waals surface area contributed by atoms with Crippen LogP contribution in [-0.4, -0.2) is 35.4 Å². The van der Waals surface area contributed by atoms with E-state index in [1.165, 1.54) is 50.1 Å². The molecule has 0 spiro atoms. The van der Waals surface area contributed by atoms with E-state index in [1.807, 2.05) is 0 Å². The molecule has 1 aliphatic heterocycles. The van der Waals surface area contributed by atoms with Crippen molar-refractivity contribution in [1.29, 1.82) is 0 Å². The minimum absolute atomic E-state index is 0.313. The summed E-state index contributed by atoms with van der Waals surface area (Å²) in [5.41, 5.74) is 2.53. The van der Waals surface area contributed by atoms with Crippen molar-refractivity contribution >= 4 is 17.2 Å². The number of hydrogen-bond acceptors (Lipinski definition) is 5. The quantitative estimate of drug-likeness (QED) is 0.488. The summed E-state index contributed by atoms with van der Waals surface area (Å²) in [5, 5.41) is 2.78. The van der Waals surface area contributed by atoms with Gasteiger partial charge in [0.25, 0.3) is 5.91 Å². The molecule has 2 heterocycles. The maximum absolute atomic E-state index is 11.3. The Balaban J connectivity index is 1.82. The van der Waals surface area contributed by atoms with Crippen molar-refractivity contribution in [2.75, 3.05) is 19.6 Å². The molecule has 0 radical (unpaired) electrons. The number of nitrogen functional groups attached to an aromatic ring is 1. The van der Waals surface area contributed by atoms with Crippen LogP contribution in [0.2, 0.25) is 0 Å². The molecule has 18 heavy (non-hydrogen) atoms. The second-order valence-electron chi connectivity index (χ2n) is 4.61. The lowest BCUT2D eigenvalue weighted by Crippen LogP contribution is -2.30. The number of thiazole rings is 1. The predicted molar refractivity (Wildman–Crippen MR) is 72.4 cm³/mol. The molecule has 0 atom stereocenters. The lowest BCUT2D eigenvalue weighted by Gasteiger charge is -2.18. The zero-order chi connectivity index (χ0) is 12.8. The van der Waals surface area contributed by atoms with Crippen molar-refractivity contribution in [1.82, 2.24) is 15.3 Å². The molecule has 0 bridgehead atoms. The zero-order valence-electron chi connectivity index (χ0n) is 10.5. The van der Waals surface area contributed by atoms with Gasteiger partial charge in [0.15, 0.2) is 0 Å². The fraction of sp³-hybridized carbons (Fsp3) is 0.667. The van der Waals surface area contributed by atoms with Crippen LogP contribution in [0.15, 0.2) is 5.38 Å². The molecule has 6 heteroatoms. The van der Waals surface area contributed by atoms with Crippen molar-refractivity contribution in [2.24, 2.45) is 5.84 Å². The van der Waals surface area contributed by atoms with Crippen LogP contribution in [-0.2, 0) is 6.42 Å². The second-order valence-corrected chi connectivity index (χ2v) is 5.55. The number of carbonyl (C=O) groups excluding carboxylic acids is 1. The number of rotatable bonds is 4. The number of aromatic nitrogens is 1. The number of carbonyl (C=O) groups is 1. The Morgan fingerprint density at radius 1 is 1.39 bits per heavy atom. The van der Waals surface area contributed by atoms with Gasteiger partial charge in [-0.1, -0.05) is 12.8 Å². The van der Waals surface area contributed by atoms with Gasteiger partial charge in [0.05, 0.1) is 5.01 Å². The normalized spacial score (nSPS) is 17.4. The smallest absolute Gasteiger partial charge is 0.284 e. The third kappa shape index (κ3) is 3.76. The number of amides is 1. The zero-order valence-corrected chi connectivity index (χ0v) is 11.3. The number of hydrogen-bond donors (Lipinski definition) is 2. The van der Waals surface area contributed by atoms with Crippen LogP contribution in [0.5, 0.6) is 0 Å². The fourth-order valence-corrected chi connectivity index (χ4v) is 2.99. The van der Waals surface area contributed by atoms with Gasteiger partial charge in [0, 0.05) is 18.3 Å². The maximum atomic E-state index is 11.3. The van der Waals surface area contributed by atoms with Gasteiger partial charge in [-0.15, -0.1) is 11.3 Å². The molecule has 0 aromatic carbocycles. The van der Waals surface area contributed by atoms with E-state index in [2.05, 4.69) is 15.3 Å². The van der Waals surface area contributed by atoms with Gasteiger partial charge < -0.3 is 4.90 Å². The summed E-state index contributed by atoms with van der Waals surface area (Å²) in [7, 11) is 0. The molecule has 1 amide bonds. The molecule has 3 N–H and O–H groups in total. The second kappa shape index (κ2) is 6.82. The highest BCUT2D eigenvalue weighted by Crippen LogP contribution is 2.13. The Labute approximate surface area is 111 Å². The summed E-state index contributed by atoms with van der Waals surface area (Å²) in [6.45, 7) is 3.43. The predicted octanol–water partition coefficient (Wildman–Crippen LogP) is 1.17. The van der Waals surface area contributed by atoms with E-state index in [1.54, 1.807) is 5.38 Å². The van der Waals surface area contributed by atoms with Crippen LogP contribution in [0.3, 0.4) is 0 Å². The lowest BCUT2D eigenvalue weighted by molar-refractivity contribution is 0.0949. The van der Waals surface area contributed by atoms with Crippen molar-refractivity contribution in [3.05, 3.63) is 16.1 Å². The van der Waals surface area contributed by atoms with Gasteiger partial charge in [-0.3, -0.25) is 10.2 Å². The van der Waals surface area contributed by atoms with Gasteiger partial charge in [-0.2, -0.15) is 0 Å². The molecule has 100 valence electrons. The minimum Gasteiger partial charge on any atom is -0.303 e. The molecule has 2 rings (SSSR count). The lowest BCUT2D eigenvalue weighted by atomic mass is 10.2. The van der Waals surface area contributed by atoms with Gasteiger partial charge in [-0.25, -0.2) is 10.8 Å². The van der Waals surface area contributed by atoms with E-state index in [4.69, 9.17) is 5.84 Å². The molecule has 1 aromatic rings. The monoisotopic (exact) mass is 268 g/mol. The van der Waals surface area contributed by atoms with Crippen molar-refractivity contribution < 1.29 is 4.79 Å². The van der Waals surface area contributed by atoms with Crippen LogP contribution < -0.4 is 11.3 Å². The summed E-state index contributed by atoms with van der Waals surface area (Å²) in [6.07, 6.45) is 6.24. The number of hydrazine groups is 1. The summed E-state index contributed by atoms with van der Waals surface area (Å²) >= 11 is 1.53. The molecule has 0 saturated carbocycles. The average Bonchev–Trinajstić information content (AvgIpc) is 2.71. The number of likely N-dealkylation sites (tertiary alicyclic amines) is 1. The van der Waals surface area contributed by atoms with Gasteiger partial charge >= 0.3 is 0 Å². The largest absolute Gasteiger partial charge is 0.303 e. The Hall–Kier alpha value is -0.980.